The Hall–Kier alpha value is -1.65. The molecule has 2 heterocycles. The lowest BCUT2D eigenvalue weighted by Crippen LogP contribution is -2.21. The summed E-state index contributed by atoms with van der Waals surface area (Å²) in [5.41, 5.74) is 0.00692. The zero-order valence-corrected chi connectivity index (χ0v) is 10.2. The zero-order chi connectivity index (χ0) is 12.5. The topological polar surface area (TPSA) is 66.3 Å². The Labute approximate surface area is 106 Å². The molecular weight excluding hydrogens is 230 g/mol. The summed E-state index contributed by atoms with van der Waals surface area (Å²) >= 11 is 0. The maximum absolute atomic E-state index is 10.7. The first-order valence-electron chi connectivity index (χ1n) is 6.52. The second-order valence-corrected chi connectivity index (χ2v) is 5.34. The minimum absolute atomic E-state index is 0.00692. The maximum Gasteiger partial charge on any atom is 0.356 e. The first kappa shape index (κ1) is 11.4. The highest BCUT2D eigenvalue weighted by Gasteiger charge is 2.30. The predicted molar refractivity (Wildman–Crippen MR) is 66.7 cm³/mol. The first-order valence-corrected chi connectivity index (χ1v) is 6.52. The summed E-state index contributed by atoms with van der Waals surface area (Å²) in [5.74, 6) is 1.52. The van der Waals surface area contributed by atoms with Crippen molar-refractivity contribution >= 4 is 11.8 Å². The van der Waals surface area contributed by atoms with Crippen molar-refractivity contribution in [2.75, 3.05) is 18.0 Å². The second kappa shape index (κ2) is 4.55. The molecule has 0 aromatic carbocycles. The van der Waals surface area contributed by atoms with Crippen LogP contribution in [0.5, 0.6) is 0 Å². The molecule has 1 aromatic rings. The lowest BCUT2D eigenvalue weighted by molar-refractivity contribution is 0.0690. The third kappa shape index (κ3) is 2.44. The van der Waals surface area contributed by atoms with Crippen LogP contribution in [-0.2, 0) is 0 Å². The fraction of sp³-hybridized carbons (Fsp3) is 0.615. The smallest absolute Gasteiger partial charge is 0.356 e. The summed E-state index contributed by atoms with van der Waals surface area (Å²) in [6.45, 7) is 2.05. The Balaban J connectivity index is 1.62. The van der Waals surface area contributed by atoms with Crippen LogP contribution in [0.15, 0.2) is 12.4 Å². The number of carboxylic acid groups (broad SMARTS) is 1. The van der Waals surface area contributed by atoms with Crippen LogP contribution in [-0.4, -0.2) is 34.1 Å². The molecule has 1 atom stereocenters. The summed E-state index contributed by atoms with van der Waals surface area (Å²) in [7, 11) is 0. The van der Waals surface area contributed by atoms with Gasteiger partial charge in [0.15, 0.2) is 5.69 Å². The van der Waals surface area contributed by atoms with E-state index in [0.29, 0.717) is 0 Å². The molecule has 1 saturated carbocycles. The number of aromatic nitrogens is 2. The molecule has 1 saturated heterocycles. The van der Waals surface area contributed by atoms with Gasteiger partial charge in [-0.25, -0.2) is 14.8 Å². The van der Waals surface area contributed by atoms with E-state index in [2.05, 4.69) is 14.9 Å². The third-order valence-electron chi connectivity index (χ3n) is 3.83. The van der Waals surface area contributed by atoms with Gasteiger partial charge in [0.25, 0.3) is 0 Å². The van der Waals surface area contributed by atoms with Crippen LogP contribution in [0.3, 0.4) is 0 Å². The van der Waals surface area contributed by atoms with Gasteiger partial charge in [-0.05, 0) is 24.7 Å². The van der Waals surface area contributed by atoms with E-state index in [1.54, 1.807) is 6.20 Å². The molecule has 1 aliphatic heterocycles. The van der Waals surface area contributed by atoms with Gasteiger partial charge in [-0.3, -0.25) is 0 Å². The zero-order valence-electron chi connectivity index (χ0n) is 10.2. The van der Waals surface area contributed by atoms with Crippen molar-refractivity contribution in [1.82, 2.24) is 9.97 Å². The van der Waals surface area contributed by atoms with Gasteiger partial charge in [-0.2, -0.15) is 0 Å². The van der Waals surface area contributed by atoms with Crippen LogP contribution in [0.4, 0.5) is 5.82 Å². The maximum atomic E-state index is 10.7. The van der Waals surface area contributed by atoms with E-state index in [-0.39, 0.29) is 5.69 Å². The van der Waals surface area contributed by atoms with Gasteiger partial charge >= 0.3 is 5.97 Å². The minimum Gasteiger partial charge on any atom is -0.476 e. The van der Waals surface area contributed by atoms with Gasteiger partial charge < -0.3 is 10.0 Å². The number of anilines is 1. The molecule has 0 radical (unpaired) electrons. The Morgan fingerprint density at radius 3 is 2.72 bits per heavy atom. The number of rotatable bonds is 4. The molecule has 0 bridgehead atoms. The monoisotopic (exact) mass is 247 g/mol. The Morgan fingerprint density at radius 2 is 2.11 bits per heavy atom. The Bertz CT molecular complexity index is 442. The number of hydrogen-bond acceptors (Lipinski definition) is 4. The highest BCUT2D eigenvalue weighted by atomic mass is 16.4. The van der Waals surface area contributed by atoms with Crippen molar-refractivity contribution in [1.29, 1.82) is 0 Å². The molecule has 0 unspecified atom stereocenters. The molecule has 3 rings (SSSR count). The Morgan fingerprint density at radius 1 is 1.28 bits per heavy atom. The van der Waals surface area contributed by atoms with Crippen LogP contribution in [0.1, 0.15) is 36.2 Å². The van der Waals surface area contributed by atoms with Gasteiger partial charge in [0.1, 0.15) is 5.82 Å². The fourth-order valence-electron chi connectivity index (χ4n) is 2.65. The molecule has 0 amide bonds. The minimum atomic E-state index is -1.03. The molecule has 2 aliphatic rings. The summed E-state index contributed by atoms with van der Waals surface area (Å²) in [5, 5.41) is 8.77. The van der Waals surface area contributed by atoms with Crippen LogP contribution < -0.4 is 4.90 Å². The van der Waals surface area contributed by atoms with E-state index in [0.717, 1.165) is 30.7 Å². The SMILES string of the molecule is O=C(O)c1cnc(N2CC[C@@H](CC3CC3)C2)cn1. The lowest BCUT2D eigenvalue weighted by Gasteiger charge is -2.16. The first-order chi connectivity index (χ1) is 8.72. The molecule has 1 N–H and O–H groups in total. The number of hydrogen-bond donors (Lipinski definition) is 1. The van der Waals surface area contributed by atoms with Crippen molar-refractivity contribution in [2.24, 2.45) is 11.8 Å². The number of carboxylic acids is 1. The molecule has 5 heteroatoms. The van der Waals surface area contributed by atoms with Crippen LogP contribution >= 0.6 is 0 Å². The van der Waals surface area contributed by atoms with Crippen LogP contribution in [0, 0.1) is 11.8 Å². The van der Waals surface area contributed by atoms with Gasteiger partial charge in [-0.15, -0.1) is 0 Å². The molecule has 1 aromatic heterocycles. The normalized spacial score (nSPS) is 23.3. The van der Waals surface area contributed by atoms with Crippen LogP contribution in [0.25, 0.3) is 0 Å². The molecule has 1 aliphatic carbocycles. The van der Waals surface area contributed by atoms with Crippen LogP contribution in [0.2, 0.25) is 0 Å². The van der Waals surface area contributed by atoms with Crippen molar-refractivity contribution in [3.05, 3.63) is 18.1 Å². The molecule has 96 valence electrons. The number of aromatic carboxylic acids is 1. The Kier molecular flexibility index (Phi) is 2.89. The highest BCUT2D eigenvalue weighted by molar-refractivity contribution is 5.84. The summed E-state index contributed by atoms with van der Waals surface area (Å²) in [6, 6.07) is 0. The van der Waals surface area contributed by atoms with E-state index in [1.807, 2.05) is 0 Å². The highest BCUT2D eigenvalue weighted by Crippen LogP contribution is 2.38. The summed E-state index contributed by atoms with van der Waals surface area (Å²) < 4.78 is 0. The average Bonchev–Trinajstić information content (AvgIpc) is 3.05. The van der Waals surface area contributed by atoms with Gasteiger partial charge in [0.2, 0.25) is 0 Å². The van der Waals surface area contributed by atoms with Crippen molar-refractivity contribution in [3.8, 4) is 0 Å². The second-order valence-electron chi connectivity index (χ2n) is 5.34. The quantitative estimate of drug-likeness (QED) is 0.878. The fourth-order valence-corrected chi connectivity index (χ4v) is 2.65. The van der Waals surface area contributed by atoms with E-state index in [4.69, 9.17) is 5.11 Å². The standard InChI is InChI=1S/C13H17N3O2/c17-13(18)11-6-15-12(7-14-11)16-4-3-10(8-16)5-9-1-2-9/h6-7,9-10H,1-5,8H2,(H,17,18)/t10-/m0/s1. The molecule has 5 nitrogen and oxygen atoms in total. The largest absolute Gasteiger partial charge is 0.476 e. The van der Waals surface area contributed by atoms with E-state index < -0.39 is 5.97 Å². The van der Waals surface area contributed by atoms with Crippen molar-refractivity contribution in [2.45, 2.75) is 25.7 Å². The van der Waals surface area contributed by atoms with Gasteiger partial charge in [0.05, 0.1) is 12.4 Å². The summed E-state index contributed by atoms with van der Waals surface area (Å²) in [4.78, 5) is 21.0. The number of nitrogens with zero attached hydrogens (tertiary/aromatic N) is 3. The van der Waals surface area contributed by atoms with Gasteiger partial charge in [0, 0.05) is 13.1 Å². The molecular formula is C13H17N3O2. The molecule has 18 heavy (non-hydrogen) atoms. The predicted octanol–water partition coefficient (Wildman–Crippen LogP) is 1.80. The average molecular weight is 247 g/mol. The van der Waals surface area contributed by atoms with E-state index >= 15 is 0 Å². The van der Waals surface area contributed by atoms with E-state index in [1.165, 1.54) is 31.9 Å². The molecule has 0 spiro atoms. The third-order valence-corrected chi connectivity index (χ3v) is 3.83. The van der Waals surface area contributed by atoms with Crippen molar-refractivity contribution in [3.63, 3.8) is 0 Å². The summed E-state index contributed by atoms with van der Waals surface area (Å²) in [6.07, 6.45) is 8.29. The van der Waals surface area contributed by atoms with Gasteiger partial charge in [-0.1, -0.05) is 12.8 Å². The van der Waals surface area contributed by atoms with E-state index in [9.17, 15) is 4.79 Å². The van der Waals surface area contributed by atoms with Crippen molar-refractivity contribution < 1.29 is 9.90 Å². The lowest BCUT2D eigenvalue weighted by atomic mass is 10.0. The molecule has 2 fully saturated rings. The number of carbonyl (C=O) groups is 1.